The molecule has 0 amide bonds. The number of rotatable bonds is 6. The van der Waals surface area contributed by atoms with Crippen molar-refractivity contribution in [3.8, 4) is 0 Å². The van der Waals surface area contributed by atoms with Crippen molar-refractivity contribution in [1.82, 2.24) is 9.78 Å². The van der Waals surface area contributed by atoms with Gasteiger partial charge in [0.2, 0.25) is 5.82 Å². The highest BCUT2D eigenvalue weighted by atomic mass is 16.6. The third-order valence-electron chi connectivity index (χ3n) is 2.81. The SMILES string of the molecule is COC(=O)CCCN(C)c1c([N+](=O)[O-])c(C)nn1C. The van der Waals surface area contributed by atoms with E-state index < -0.39 is 4.92 Å². The molecule has 0 unspecified atom stereocenters. The fourth-order valence-electron chi connectivity index (χ4n) is 1.94. The summed E-state index contributed by atoms with van der Waals surface area (Å²) in [6.45, 7) is 2.11. The molecule has 106 valence electrons. The molecule has 8 nitrogen and oxygen atoms in total. The Balaban J connectivity index is 2.79. The second kappa shape index (κ2) is 6.17. The first kappa shape index (κ1) is 14.9. The zero-order valence-corrected chi connectivity index (χ0v) is 11.5. The van der Waals surface area contributed by atoms with Crippen LogP contribution in [0.25, 0.3) is 0 Å². The molecule has 0 saturated heterocycles. The normalized spacial score (nSPS) is 10.3. The Morgan fingerprint density at radius 2 is 2.21 bits per heavy atom. The van der Waals surface area contributed by atoms with E-state index in [4.69, 9.17) is 0 Å². The molecule has 0 atom stereocenters. The Morgan fingerprint density at radius 3 is 2.74 bits per heavy atom. The van der Waals surface area contributed by atoms with Gasteiger partial charge in [-0.25, -0.2) is 4.68 Å². The van der Waals surface area contributed by atoms with Crippen molar-refractivity contribution < 1.29 is 14.5 Å². The highest BCUT2D eigenvalue weighted by Gasteiger charge is 2.26. The first-order valence-corrected chi connectivity index (χ1v) is 5.84. The van der Waals surface area contributed by atoms with Crippen LogP contribution in [0.4, 0.5) is 11.5 Å². The third-order valence-corrected chi connectivity index (χ3v) is 2.81. The number of esters is 1. The molecule has 0 aliphatic heterocycles. The highest BCUT2D eigenvalue weighted by molar-refractivity contribution is 5.69. The number of hydrogen-bond acceptors (Lipinski definition) is 6. The van der Waals surface area contributed by atoms with Gasteiger partial charge in [-0.15, -0.1) is 0 Å². The lowest BCUT2D eigenvalue weighted by atomic mass is 10.3. The summed E-state index contributed by atoms with van der Waals surface area (Å²) in [6, 6.07) is 0. The number of ether oxygens (including phenoxy) is 1. The molecule has 0 radical (unpaired) electrons. The van der Waals surface area contributed by atoms with Gasteiger partial charge >= 0.3 is 11.7 Å². The first-order chi connectivity index (χ1) is 8.88. The summed E-state index contributed by atoms with van der Waals surface area (Å²) in [5.74, 6) is 0.149. The van der Waals surface area contributed by atoms with Crippen LogP contribution in [0.5, 0.6) is 0 Å². The standard InChI is InChI=1S/C11H18N4O4/c1-8-10(15(17)18)11(14(3)12-8)13(2)7-5-6-9(16)19-4/h5-7H2,1-4H3. The fourth-order valence-corrected chi connectivity index (χ4v) is 1.94. The molecule has 1 aromatic rings. The molecule has 0 aromatic carbocycles. The molecule has 1 heterocycles. The molecule has 8 heteroatoms. The minimum atomic E-state index is -0.436. The summed E-state index contributed by atoms with van der Waals surface area (Å²) < 4.78 is 6.02. The second-order valence-corrected chi connectivity index (χ2v) is 4.24. The fraction of sp³-hybridized carbons (Fsp3) is 0.636. The molecule has 0 N–H and O–H groups in total. The predicted octanol–water partition coefficient (Wildman–Crippen LogP) is 1.03. The molecule has 0 spiro atoms. The van der Waals surface area contributed by atoms with E-state index in [1.807, 2.05) is 0 Å². The zero-order chi connectivity index (χ0) is 14.6. The van der Waals surface area contributed by atoms with Gasteiger partial charge in [-0.05, 0) is 13.3 Å². The van der Waals surface area contributed by atoms with Crippen LogP contribution < -0.4 is 4.90 Å². The minimum absolute atomic E-state index is 0.00284. The number of anilines is 1. The molecule has 19 heavy (non-hydrogen) atoms. The van der Waals surface area contributed by atoms with Crippen LogP contribution >= 0.6 is 0 Å². The average molecular weight is 270 g/mol. The smallest absolute Gasteiger partial charge is 0.333 e. The molecule has 0 fully saturated rings. The van der Waals surface area contributed by atoms with Crippen molar-refractivity contribution in [2.75, 3.05) is 25.6 Å². The summed E-state index contributed by atoms with van der Waals surface area (Å²) in [5.41, 5.74) is 0.380. The van der Waals surface area contributed by atoms with Crippen LogP contribution in [0.3, 0.4) is 0 Å². The predicted molar refractivity (Wildman–Crippen MR) is 69.1 cm³/mol. The maximum absolute atomic E-state index is 11.0. The lowest BCUT2D eigenvalue weighted by Gasteiger charge is -2.17. The van der Waals surface area contributed by atoms with E-state index in [1.54, 1.807) is 25.9 Å². The first-order valence-electron chi connectivity index (χ1n) is 5.84. The molecule has 0 saturated carbocycles. The van der Waals surface area contributed by atoms with Crippen LogP contribution in [0.15, 0.2) is 0 Å². The number of hydrogen-bond donors (Lipinski definition) is 0. The van der Waals surface area contributed by atoms with Crippen LogP contribution in [0, 0.1) is 17.0 Å². The Labute approximate surface area is 111 Å². The van der Waals surface area contributed by atoms with Gasteiger partial charge in [-0.2, -0.15) is 5.10 Å². The summed E-state index contributed by atoms with van der Waals surface area (Å²) in [7, 11) is 4.73. The van der Waals surface area contributed by atoms with Gasteiger partial charge in [-0.1, -0.05) is 0 Å². The summed E-state index contributed by atoms with van der Waals surface area (Å²) in [5, 5.41) is 15.1. The number of carbonyl (C=O) groups is 1. The molecule has 0 aliphatic rings. The molecule has 1 rings (SSSR count). The van der Waals surface area contributed by atoms with E-state index >= 15 is 0 Å². The van der Waals surface area contributed by atoms with E-state index in [0.717, 1.165) is 0 Å². The second-order valence-electron chi connectivity index (χ2n) is 4.24. The topological polar surface area (TPSA) is 90.5 Å². The van der Waals surface area contributed by atoms with Crippen molar-refractivity contribution in [2.24, 2.45) is 7.05 Å². The van der Waals surface area contributed by atoms with Gasteiger partial charge in [0.15, 0.2) is 0 Å². The van der Waals surface area contributed by atoms with E-state index in [2.05, 4.69) is 9.84 Å². The average Bonchev–Trinajstić information content (AvgIpc) is 2.63. The van der Waals surface area contributed by atoms with Gasteiger partial charge in [0.1, 0.15) is 5.69 Å². The Hall–Kier alpha value is -2.12. The van der Waals surface area contributed by atoms with E-state index in [-0.39, 0.29) is 18.1 Å². The Morgan fingerprint density at radius 1 is 1.58 bits per heavy atom. The van der Waals surface area contributed by atoms with E-state index in [0.29, 0.717) is 24.5 Å². The largest absolute Gasteiger partial charge is 0.469 e. The number of nitro groups is 1. The van der Waals surface area contributed by atoms with Crippen LogP contribution in [-0.4, -0.2) is 41.4 Å². The van der Waals surface area contributed by atoms with Crippen LogP contribution in [0.1, 0.15) is 18.5 Å². The highest BCUT2D eigenvalue weighted by Crippen LogP contribution is 2.30. The number of aromatic nitrogens is 2. The van der Waals surface area contributed by atoms with E-state index in [1.165, 1.54) is 11.8 Å². The molecular formula is C11H18N4O4. The van der Waals surface area contributed by atoms with Crippen molar-refractivity contribution in [1.29, 1.82) is 0 Å². The molecule has 1 aromatic heterocycles. The van der Waals surface area contributed by atoms with Gasteiger partial charge in [0.05, 0.1) is 12.0 Å². The Kier molecular flexibility index (Phi) is 4.85. The van der Waals surface area contributed by atoms with Gasteiger partial charge in [-0.3, -0.25) is 14.9 Å². The number of nitrogens with zero attached hydrogens (tertiary/aromatic N) is 4. The number of carbonyl (C=O) groups excluding carboxylic acids is 1. The monoisotopic (exact) mass is 270 g/mol. The lowest BCUT2D eigenvalue weighted by molar-refractivity contribution is -0.384. The summed E-state index contributed by atoms with van der Waals surface area (Å²) >= 11 is 0. The van der Waals surface area contributed by atoms with Crippen molar-refractivity contribution >= 4 is 17.5 Å². The van der Waals surface area contributed by atoms with E-state index in [9.17, 15) is 14.9 Å². The zero-order valence-electron chi connectivity index (χ0n) is 11.5. The Bertz CT molecular complexity index is 483. The van der Waals surface area contributed by atoms with Gasteiger partial charge in [0.25, 0.3) is 0 Å². The van der Waals surface area contributed by atoms with Gasteiger partial charge < -0.3 is 9.64 Å². The maximum Gasteiger partial charge on any atom is 0.333 e. The van der Waals surface area contributed by atoms with Crippen molar-refractivity contribution in [3.05, 3.63) is 15.8 Å². The summed E-state index contributed by atoms with van der Waals surface area (Å²) in [4.78, 5) is 23.3. The number of aryl methyl sites for hydroxylation is 2. The summed E-state index contributed by atoms with van der Waals surface area (Å²) in [6.07, 6.45) is 0.843. The van der Waals surface area contributed by atoms with Crippen LogP contribution in [-0.2, 0) is 16.6 Å². The lowest BCUT2D eigenvalue weighted by Crippen LogP contribution is -2.23. The van der Waals surface area contributed by atoms with Crippen LogP contribution in [0.2, 0.25) is 0 Å². The number of methoxy groups -OCH3 is 1. The van der Waals surface area contributed by atoms with Gasteiger partial charge in [0, 0.05) is 27.1 Å². The maximum atomic E-state index is 11.0. The van der Waals surface area contributed by atoms with Crippen molar-refractivity contribution in [3.63, 3.8) is 0 Å². The molecule has 0 bridgehead atoms. The molecular weight excluding hydrogens is 252 g/mol. The quantitative estimate of drug-likeness (QED) is 0.435. The minimum Gasteiger partial charge on any atom is -0.469 e. The van der Waals surface area contributed by atoms with Crippen molar-refractivity contribution in [2.45, 2.75) is 19.8 Å². The molecule has 0 aliphatic carbocycles. The third kappa shape index (κ3) is 3.43.